The zero-order chi connectivity index (χ0) is 24.9. The third-order valence-electron chi connectivity index (χ3n) is 6.41. The fourth-order valence-electron chi connectivity index (χ4n) is 4.43. The highest BCUT2D eigenvalue weighted by atomic mass is 16.5. The van der Waals surface area contributed by atoms with Crippen LogP contribution in [0.5, 0.6) is 17.2 Å². The minimum Gasteiger partial charge on any atom is -0.493 e. The van der Waals surface area contributed by atoms with Gasteiger partial charge in [-0.1, -0.05) is 17.3 Å². The first-order valence-corrected chi connectivity index (χ1v) is 12.1. The summed E-state index contributed by atoms with van der Waals surface area (Å²) in [6, 6.07) is 12.7. The molecule has 3 aliphatic heterocycles. The lowest BCUT2D eigenvalue weighted by Gasteiger charge is -2.32. The van der Waals surface area contributed by atoms with Crippen LogP contribution >= 0.6 is 0 Å². The van der Waals surface area contributed by atoms with E-state index in [9.17, 15) is 9.59 Å². The van der Waals surface area contributed by atoms with Gasteiger partial charge >= 0.3 is 0 Å². The molecule has 0 saturated carbocycles. The number of nitrogens with one attached hydrogen (secondary N) is 1. The lowest BCUT2D eigenvalue weighted by molar-refractivity contribution is -0.131. The van der Waals surface area contributed by atoms with E-state index in [1.807, 2.05) is 29.2 Å². The first-order chi connectivity index (χ1) is 17.6. The second-order valence-electron chi connectivity index (χ2n) is 8.93. The van der Waals surface area contributed by atoms with Crippen molar-refractivity contribution >= 4 is 11.8 Å². The van der Waals surface area contributed by atoms with Gasteiger partial charge in [-0.3, -0.25) is 9.59 Å². The molecule has 1 fully saturated rings. The Morgan fingerprint density at radius 3 is 2.75 bits per heavy atom. The molecular formula is C26H29N5O5. The first kappa shape index (κ1) is 23.7. The van der Waals surface area contributed by atoms with E-state index in [1.165, 1.54) is 0 Å². The van der Waals surface area contributed by atoms with Crippen molar-refractivity contribution in [1.82, 2.24) is 25.2 Å². The van der Waals surface area contributed by atoms with Crippen LogP contribution in [0.4, 0.5) is 0 Å². The van der Waals surface area contributed by atoms with Crippen LogP contribution in [0.1, 0.15) is 34.5 Å². The summed E-state index contributed by atoms with van der Waals surface area (Å²) in [6.45, 7) is 2.30. The molecule has 10 nitrogen and oxygen atoms in total. The highest BCUT2D eigenvalue weighted by Gasteiger charge is 2.25. The van der Waals surface area contributed by atoms with E-state index in [-0.39, 0.29) is 24.5 Å². The van der Waals surface area contributed by atoms with E-state index >= 15 is 0 Å². The lowest BCUT2D eigenvalue weighted by atomic mass is 10.0. The Bertz CT molecular complexity index is 1230. The highest BCUT2D eigenvalue weighted by molar-refractivity contribution is 5.95. The van der Waals surface area contributed by atoms with Gasteiger partial charge in [-0.25, -0.2) is 4.68 Å². The topological polar surface area (TPSA) is 108 Å². The van der Waals surface area contributed by atoms with E-state index in [0.717, 1.165) is 5.56 Å². The van der Waals surface area contributed by atoms with Gasteiger partial charge < -0.3 is 24.4 Å². The van der Waals surface area contributed by atoms with Crippen molar-refractivity contribution in [3.05, 3.63) is 65.5 Å². The van der Waals surface area contributed by atoms with Crippen LogP contribution in [0.3, 0.4) is 0 Å². The smallest absolute Gasteiger partial charge is 0.251 e. The van der Waals surface area contributed by atoms with Gasteiger partial charge in [0.05, 0.1) is 26.3 Å². The summed E-state index contributed by atoms with van der Waals surface area (Å²) in [5.41, 5.74) is 2.03. The molecule has 10 heteroatoms. The maximum Gasteiger partial charge on any atom is 0.251 e. The van der Waals surface area contributed by atoms with Gasteiger partial charge in [-0.05, 0) is 48.7 Å². The molecule has 3 aromatic rings. The predicted molar refractivity (Wildman–Crippen MR) is 130 cm³/mol. The summed E-state index contributed by atoms with van der Waals surface area (Å²) < 4.78 is 18.9. The molecule has 8 bridgehead atoms. The summed E-state index contributed by atoms with van der Waals surface area (Å²) in [4.78, 5) is 27.7. The zero-order valence-corrected chi connectivity index (χ0v) is 20.2. The summed E-state index contributed by atoms with van der Waals surface area (Å²) in [5.74, 6) is 1.57. The summed E-state index contributed by atoms with van der Waals surface area (Å²) in [7, 11) is 1.55. The van der Waals surface area contributed by atoms with Crippen molar-refractivity contribution in [3.63, 3.8) is 0 Å². The molecule has 36 heavy (non-hydrogen) atoms. The van der Waals surface area contributed by atoms with Gasteiger partial charge in [0.25, 0.3) is 5.91 Å². The van der Waals surface area contributed by atoms with Crippen LogP contribution in [0.25, 0.3) is 0 Å². The standard InChI is InChI=1S/C26H29N5O5/c1-34-23-6-5-19-15-24(23)36-17-21-16-31(29-28-21)11-12-35-22-4-2-3-18(13-22)14-25(32)30-9-7-20(8-10-30)27-26(19)33/h2-6,13,15-16,20H,7-12,14,17H2,1H3,(H,27,33). The molecule has 2 aromatic carbocycles. The fourth-order valence-corrected chi connectivity index (χ4v) is 4.43. The Morgan fingerprint density at radius 2 is 1.92 bits per heavy atom. The molecule has 2 amide bonds. The number of methoxy groups -OCH3 is 1. The average Bonchev–Trinajstić information content (AvgIpc) is 3.35. The molecule has 0 atom stereocenters. The fraction of sp³-hybridized carbons (Fsp3) is 0.385. The average molecular weight is 492 g/mol. The number of carbonyl (C=O) groups excluding carboxylic acids is 2. The number of benzene rings is 2. The maximum atomic E-state index is 13.0. The monoisotopic (exact) mass is 491 g/mol. The number of fused-ring (bicyclic) bond motifs is 7. The largest absolute Gasteiger partial charge is 0.493 e. The quantitative estimate of drug-likeness (QED) is 0.556. The van der Waals surface area contributed by atoms with Crippen molar-refractivity contribution in [2.75, 3.05) is 26.8 Å². The molecule has 188 valence electrons. The van der Waals surface area contributed by atoms with E-state index in [0.29, 0.717) is 74.0 Å². The molecule has 6 rings (SSSR count). The Labute approximate surface area is 209 Å². The van der Waals surface area contributed by atoms with Crippen LogP contribution in [-0.2, 0) is 24.4 Å². The van der Waals surface area contributed by atoms with E-state index in [2.05, 4.69) is 15.6 Å². The Morgan fingerprint density at radius 1 is 1.06 bits per heavy atom. The molecule has 0 radical (unpaired) electrons. The summed E-state index contributed by atoms with van der Waals surface area (Å²) in [5, 5.41) is 11.4. The van der Waals surface area contributed by atoms with Crippen molar-refractivity contribution in [3.8, 4) is 17.2 Å². The van der Waals surface area contributed by atoms with Gasteiger partial charge in [0.2, 0.25) is 5.91 Å². The number of hydrogen-bond acceptors (Lipinski definition) is 7. The molecule has 0 aliphatic carbocycles. The summed E-state index contributed by atoms with van der Waals surface area (Å²) in [6.07, 6.45) is 3.51. The molecule has 0 unspecified atom stereocenters. The summed E-state index contributed by atoms with van der Waals surface area (Å²) >= 11 is 0. The Kier molecular flexibility index (Phi) is 7.01. The van der Waals surface area contributed by atoms with Gasteiger partial charge in [0.1, 0.15) is 24.7 Å². The number of aromatic nitrogens is 3. The number of hydrogen-bond donors (Lipinski definition) is 1. The van der Waals surface area contributed by atoms with Crippen LogP contribution < -0.4 is 19.5 Å². The lowest BCUT2D eigenvalue weighted by Crippen LogP contribution is -2.47. The SMILES string of the molecule is COc1ccc2cc1OCc1cn(nn1)CCOc1cccc(c1)CC(=O)N1CCC(CC1)NC2=O. The molecule has 1 saturated heterocycles. The van der Waals surface area contributed by atoms with E-state index < -0.39 is 0 Å². The number of piperidine rings is 1. The normalized spacial score (nSPS) is 17.3. The molecule has 1 aromatic heterocycles. The van der Waals surface area contributed by atoms with Gasteiger partial charge in [-0.15, -0.1) is 5.10 Å². The van der Waals surface area contributed by atoms with Crippen LogP contribution in [0, 0.1) is 0 Å². The molecular weight excluding hydrogens is 462 g/mol. The first-order valence-electron chi connectivity index (χ1n) is 12.1. The highest BCUT2D eigenvalue weighted by Crippen LogP contribution is 2.29. The third-order valence-corrected chi connectivity index (χ3v) is 6.41. The zero-order valence-electron chi connectivity index (χ0n) is 20.2. The van der Waals surface area contributed by atoms with Crippen LogP contribution in [0.2, 0.25) is 0 Å². The minimum atomic E-state index is -0.183. The van der Waals surface area contributed by atoms with Crippen molar-refractivity contribution in [1.29, 1.82) is 0 Å². The minimum absolute atomic E-state index is 0.00218. The number of nitrogens with zero attached hydrogens (tertiary/aromatic N) is 4. The molecule has 0 spiro atoms. The van der Waals surface area contributed by atoms with Crippen molar-refractivity contribution < 1.29 is 23.8 Å². The van der Waals surface area contributed by atoms with Gasteiger partial charge in [-0.2, -0.15) is 0 Å². The molecule has 1 N–H and O–H groups in total. The second-order valence-corrected chi connectivity index (χ2v) is 8.93. The Balaban J connectivity index is 1.37. The number of amides is 2. The van der Waals surface area contributed by atoms with Crippen LogP contribution in [0.15, 0.2) is 48.7 Å². The number of ether oxygens (including phenoxy) is 3. The molecule has 3 aliphatic rings. The number of rotatable bonds is 1. The van der Waals surface area contributed by atoms with Gasteiger partial charge in [0, 0.05) is 24.7 Å². The Hall–Kier alpha value is -4.08. The maximum absolute atomic E-state index is 13.0. The van der Waals surface area contributed by atoms with E-state index in [4.69, 9.17) is 14.2 Å². The van der Waals surface area contributed by atoms with E-state index in [1.54, 1.807) is 36.2 Å². The second kappa shape index (κ2) is 10.7. The van der Waals surface area contributed by atoms with Crippen molar-refractivity contribution in [2.45, 2.75) is 38.5 Å². The third kappa shape index (κ3) is 5.59. The van der Waals surface area contributed by atoms with Gasteiger partial charge in [0.15, 0.2) is 11.5 Å². The number of carbonyl (C=O) groups is 2. The van der Waals surface area contributed by atoms with Crippen LogP contribution in [-0.4, -0.2) is 64.6 Å². The van der Waals surface area contributed by atoms with Crippen molar-refractivity contribution in [2.24, 2.45) is 0 Å². The predicted octanol–water partition coefficient (Wildman–Crippen LogP) is 2.22. The molecule has 4 heterocycles.